The van der Waals surface area contributed by atoms with Gasteiger partial charge in [-0.3, -0.25) is 28.8 Å². The number of aromatic hydroxyl groups is 3. The molecule has 9 rings (SSSR count). The number of carboxylic acids is 2. The van der Waals surface area contributed by atoms with E-state index in [1.165, 1.54) is 5.32 Å². The highest BCUT2D eigenvalue weighted by atomic mass is 16.5. The van der Waals surface area contributed by atoms with Gasteiger partial charge in [-0.1, -0.05) is 54.4 Å². The molecular weight excluding hydrogens is 1000 g/mol. The zero-order chi connectivity index (χ0) is 84.4. The first-order valence-electron chi connectivity index (χ1n) is 37.7. The molecule has 396 valence electrons. The van der Waals surface area contributed by atoms with Crippen molar-refractivity contribution in [3.63, 3.8) is 0 Å². The lowest BCUT2D eigenvalue weighted by molar-refractivity contribution is -0.136. The number of amides is 3. The topological polar surface area (TPSA) is 306 Å². The minimum atomic E-state index is -3.27. The van der Waals surface area contributed by atoms with Gasteiger partial charge in [0.25, 0.3) is 17.7 Å². The van der Waals surface area contributed by atoms with Crippen molar-refractivity contribution in [3.8, 4) is 51.7 Å². The number of nitrogens with zero attached hydrogens (tertiary/aromatic N) is 3. The van der Waals surface area contributed by atoms with Crippen molar-refractivity contribution in [1.82, 2.24) is 30.9 Å². The molecule has 6 aromatic carbocycles. The number of hydrogen-bond acceptors (Lipinski definition) is 15. The molecule has 0 spiro atoms. The van der Waals surface area contributed by atoms with Gasteiger partial charge >= 0.3 is 11.9 Å². The molecule has 20 heteroatoms. The molecule has 0 radical (unpaired) electrons. The molecule has 0 bridgehead atoms. The maximum Gasteiger partial charge on any atom is 0.322 e. The Morgan fingerprint density at radius 1 is 0.462 bits per heavy atom. The van der Waals surface area contributed by atoms with Crippen LogP contribution in [0.4, 0.5) is 0 Å². The number of carbonyl (C=O) groups is 6. The van der Waals surface area contributed by atoms with Crippen molar-refractivity contribution in [2.75, 3.05) is 19.5 Å². The Hall–Kier alpha value is -10.6. The Morgan fingerprint density at radius 3 is 1.14 bits per heavy atom. The molecule has 3 heterocycles. The Balaban J connectivity index is 0.000000232. The van der Waals surface area contributed by atoms with Crippen LogP contribution in [0.25, 0.3) is 32.3 Å². The summed E-state index contributed by atoms with van der Waals surface area (Å²) in [6.07, 6.45) is 0. The lowest BCUT2D eigenvalue weighted by Crippen LogP contribution is -2.30. The molecule has 0 saturated heterocycles. The van der Waals surface area contributed by atoms with E-state index in [4.69, 9.17) is 69.7 Å². The van der Waals surface area contributed by atoms with Gasteiger partial charge in [0.15, 0.2) is 34.3 Å². The normalized spacial score (nSPS) is 17.0. The number of pyridine rings is 3. The van der Waals surface area contributed by atoms with E-state index in [2.05, 4.69) is 15.0 Å². The van der Waals surface area contributed by atoms with Crippen LogP contribution < -0.4 is 30.2 Å². The molecule has 0 aliphatic rings. The molecule has 0 aliphatic heterocycles. The number of ether oxygens (including phenoxy) is 3. The number of nitrogens with one attached hydrogen (secondary N) is 3. The second-order valence-corrected chi connectivity index (χ2v) is 14.3. The van der Waals surface area contributed by atoms with E-state index in [1.807, 2.05) is 5.32 Å². The van der Waals surface area contributed by atoms with Crippen molar-refractivity contribution >= 4 is 67.8 Å². The highest BCUT2D eigenvalue weighted by Crippen LogP contribution is 2.36. The number of ketones is 1. The van der Waals surface area contributed by atoms with Crippen LogP contribution in [0.15, 0.2) is 145 Å². The zero-order valence-electron chi connectivity index (χ0n) is 71.9. The fourth-order valence-electron chi connectivity index (χ4n) is 5.79. The van der Waals surface area contributed by atoms with Crippen LogP contribution in [-0.2, 0) is 14.4 Å². The predicted molar refractivity (Wildman–Crippen MR) is 287 cm³/mol. The quantitative estimate of drug-likeness (QED) is 0.0474. The number of carboxylic acid groups (broad SMARTS) is 2. The number of aromatic nitrogens is 3. The molecule has 3 aromatic heterocycles. The monoisotopic (exact) mass is 1090 g/mol. The maximum atomic E-state index is 12.7. The van der Waals surface area contributed by atoms with Crippen molar-refractivity contribution in [1.29, 1.82) is 0 Å². The van der Waals surface area contributed by atoms with Gasteiger partial charge in [0.1, 0.15) is 53.3 Å². The van der Waals surface area contributed by atoms with Crippen molar-refractivity contribution < 1.29 is 114 Å². The minimum absolute atomic E-state index is 0.289. The third-order valence-corrected chi connectivity index (χ3v) is 9.01. The first-order valence-corrected chi connectivity index (χ1v) is 20.8. The standard InChI is InChI=1S/C20H18N2O4.2C19H16N2O5/c1-12(23)11-21-20(25)18-19(24)16-9-8-15(10-17(16)13(2)22-18)26-14-6-4-3-5-7-14;2*1-11-15-9-13(26-12-5-3-2-4-6-12)7-8-14(15)18(24)17(21-11)19(25)20-10-16(22)23/h3-10,24H,11H2,1-2H3,(H,21,25);2*2-9,24H,10H2,1H3,(H,20,25)(H,22,23)/i2D3,3D,4D,5D,6D,7D,8D,9D,10D,11D2;1D,2D,3D,4D,5D,6D,7D,8D,9D,10D2;1D,2D,3D,4D,5D,6D,7D,8D,9D. The number of carbonyl (C=O) groups excluding carboxylic acids is 4. The van der Waals surface area contributed by atoms with Crippen LogP contribution in [0, 0.1) is 20.7 Å². The summed E-state index contributed by atoms with van der Waals surface area (Å²) in [5.41, 5.74) is -4.53. The summed E-state index contributed by atoms with van der Waals surface area (Å²) < 4.78 is 277. The van der Waals surface area contributed by atoms with Crippen LogP contribution >= 0.6 is 0 Å². The summed E-state index contributed by atoms with van der Waals surface area (Å²) in [6.45, 7) is -10.8. The minimum Gasteiger partial charge on any atom is -0.505 e. The predicted octanol–water partition coefficient (Wildman–Crippen LogP) is 9.07. The Morgan fingerprint density at radius 2 is 0.808 bits per heavy atom. The number of aryl methyl sites for hydroxylation is 3. The van der Waals surface area contributed by atoms with Gasteiger partial charge < -0.3 is 55.7 Å². The zero-order valence-corrected chi connectivity index (χ0v) is 38.9. The first-order chi connectivity index (χ1) is 51.1. The third kappa shape index (κ3) is 13.9. The Labute approximate surface area is 490 Å². The summed E-state index contributed by atoms with van der Waals surface area (Å²) >= 11 is 0. The summed E-state index contributed by atoms with van der Waals surface area (Å²) in [5, 5.41) is 51.3. The SMILES string of the molecule is [2H]Cc1nc(C(=O)NC([2H])([2H])C(=O)O)c(O)c2c([2H])c([2H])c(Oc3c([2H])c([2H])c([2H])c([2H])c3[2H])c([2H])c12.[2H]Cc1nc(C(=O)NCC(=O)O)c(O)c2c([2H])c([2H])c(Oc3c([2H])c([2H])c([2H])c([2H])c3[2H])c([2H])c12.[2H]c1c([2H])c([2H])c(Oc2c([2H])c([2H])c3c(O)c(C(=O)NC([2H])([2H])C(C)=O)nc(C([2H])([2H])[2H])c3c2[2H])c([2H])c1[2H]. The van der Waals surface area contributed by atoms with Crippen molar-refractivity contribution in [2.24, 2.45) is 0 Å². The molecular formula is C58H50N6O14. The molecule has 0 aliphatic carbocycles. The molecule has 20 nitrogen and oxygen atoms in total. The Kier molecular flexibility index (Phi) is 8.43. The number of rotatable bonds is 15. The number of fused-ring (bicyclic) bond motifs is 3. The molecule has 8 N–H and O–H groups in total. The van der Waals surface area contributed by atoms with Crippen LogP contribution in [0.1, 0.15) is 101 Å². The molecule has 0 fully saturated rings. The second-order valence-electron chi connectivity index (χ2n) is 14.3. The van der Waals surface area contributed by atoms with E-state index in [0.29, 0.717) is 0 Å². The fourth-order valence-corrected chi connectivity index (χ4v) is 5.79. The van der Waals surface area contributed by atoms with Crippen LogP contribution in [0.5, 0.6) is 51.7 Å². The lowest BCUT2D eigenvalue weighted by Gasteiger charge is -2.12. The molecule has 3 amide bonds. The summed E-state index contributed by atoms with van der Waals surface area (Å²) in [6, 6.07) is -19.3. The molecule has 0 atom stereocenters. The smallest absolute Gasteiger partial charge is 0.322 e. The summed E-state index contributed by atoms with van der Waals surface area (Å²) in [5.74, 6) is -16.6. The number of benzene rings is 6. The largest absolute Gasteiger partial charge is 0.505 e. The fraction of sp³-hybridized carbons (Fsp3) is 0.121. The first kappa shape index (κ1) is 26.2. The van der Waals surface area contributed by atoms with Crippen molar-refractivity contribution in [2.45, 2.75) is 27.6 Å². The van der Waals surface area contributed by atoms with E-state index in [1.54, 1.807) is 5.32 Å². The average molecular weight is 1090 g/mol. The van der Waals surface area contributed by atoms with E-state index in [9.17, 15) is 44.1 Å². The number of Topliss-reactive ketones (excluding diaryl/α,β-unsaturated/α-hetero) is 1. The van der Waals surface area contributed by atoms with Gasteiger partial charge in [0.05, 0.1) is 44.9 Å². The van der Waals surface area contributed by atoms with Crippen LogP contribution in [0.2, 0.25) is 0 Å². The van der Waals surface area contributed by atoms with Crippen molar-refractivity contribution in [3.05, 3.63) is 179 Å². The molecule has 0 saturated carbocycles. The molecule has 0 unspecified atom stereocenters. The molecule has 9 aromatic rings. The number of aliphatic carboxylic acids is 2. The third-order valence-electron chi connectivity index (χ3n) is 9.01. The highest BCUT2D eigenvalue weighted by Gasteiger charge is 2.22. The van der Waals surface area contributed by atoms with Gasteiger partial charge in [-0.15, -0.1) is 0 Å². The van der Waals surface area contributed by atoms with E-state index in [0.717, 1.165) is 6.92 Å². The average Bonchev–Trinajstić information content (AvgIpc) is 0.725. The van der Waals surface area contributed by atoms with E-state index >= 15 is 0 Å². The lowest BCUT2D eigenvalue weighted by atomic mass is 10.1. The molecule has 78 heavy (non-hydrogen) atoms. The van der Waals surface area contributed by atoms with Gasteiger partial charge in [-0.05, 0) is 118 Å². The van der Waals surface area contributed by atoms with E-state index in [-0.39, 0.29) is 11.1 Å². The van der Waals surface area contributed by atoms with Crippen LogP contribution in [0.3, 0.4) is 0 Å². The van der Waals surface area contributed by atoms with Gasteiger partial charge in [-0.2, -0.15) is 0 Å². The van der Waals surface area contributed by atoms with Crippen LogP contribution in [-0.4, -0.2) is 95.5 Å². The second kappa shape index (κ2) is 25.1. The number of para-hydroxylation sites is 3. The summed E-state index contributed by atoms with van der Waals surface area (Å²) in [4.78, 5) is 81.8. The van der Waals surface area contributed by atoms with Gasteiger partial charge in [0.2, 0.25) is 0 Å². The maximum absolute atomic E-state index is 12.7. The van der Waals surface area contributed by atoms with E-state index < -0.39 is 328 Å². The van der Waals surface area contributed by atoms with Gasteiger partial charge in [-0.25, -0.2) is 15.0 Å². The van der Waals surface area contributed by atoms with Gasteiger partial charge in [0, 0.05) is 56.3 Å². The Bertz CT molecular complexity index is 5450. The number of hydrogen-bond donors (Lipinski definition) is 8. The summed E-state index contributed by atoms with van der Waals surface area (Å²) in [7, 11) is 0. The highest BCUT2D eigenvalue weighted by molar-refractivity contribution is 6.05.